The molecule has 0 spiro atoms. The van der Waals surface area contributed by atoms with Gasteiger partial charge in [0.2, 0.25) is 0 Å². The molecule has 0 radical (unpaired) electrons. The van der Waals surface area contributed by atoms with E-state index < -0.39 is 104 Å². The van der Waals surface area contributed by atoms with Crippen LogP contribution in [-0.4, -0.2) is 109 Å². The maximum absolute atomic E-state index is 12.1. The Morgan fingerprint density at radius 1 is 0.700 bits per heavy atom. The molecule has 3 heterocycles. The minimum absolute atomic E-state index is 0.477. The number of carbonyl (C=O) groups excluding carboxylic acids is 5. The molecule has 226 valence electrons. The van der Waals surface area contributed by atoms with E-state index in [0.29, 0.717) is 0 Å². The van der Waals surface area contributed by atoms with Crippen molar-refractivity contribution < 1.29 is 76.4 Å². The third kappa shape index (κ3) is 7.86. The number of carbonyl (C=O) groups is 5. The predicted octanol–water partition coefficient (Wildman–Crippen LogP) is -0.787. The Hall–Kier alpha value is -2.89. The lowest BCUT2D eigenvalue weighted by molar-refractivity contribution is -0.344. The van der Waals surface area contributed by atoms with Crippen LogP contribution in [0.5, 0.6) is 0 Å². The van der Waals surface area contributed by atoms with Gasteiger partial charge in [0.15, 0.2) is 37.0 Å². The number of aliphatic hydroxyl groups is 1. The third-order valence-electron chi connectivity index (χ3n) is 5.96. The molecule has 0 aliphatic carbocycles. The first kappa shape index (κ1) is 31.6. The quantitative estimate of drug-likeness (QED) is 0.277. The zero-order chi connectivity index (χ0) is 29.9. The molecule has 0 aromatic rings. The number of hydrogen-bond acceptors (Lipinski definition) is 16. The molecule has 1 N–H and O–H groups in total. The fourth-order valence-electron chi connectivity index (χ4n) is 4.65. The van der Waals surface area contributed by atoms with Crippen LogP contribution in [0.1, 0.15) is 48.5 Å². The lowest BCUT2D eigenvalue weighted by atomic mass is 9.96. The van der Waals surface area contributed by atoms with Gasteiger partial charge in [0.25, 0.3) is 5.97 Å². The van der Waals surface area contributed by atoms with Crippen molar-refractivity contribution in [2.45, 2.75) is 116 Å². The topological polar surface area (TPSA) is 198 Å². The average Bonchev–Trinajstić information content (AvgIpc) is 3.10. The highest BCUT2D eigenvalue weighted by molar-refractivity contribution is 5.69. The Morgan fingerprint density at radius 3 is 1.77 bits per heavy atom. The minimum Gasteiger partial charge on any atom is -0.463 e. The Morgan fingerprint density at radius 2 is 1.23 bits per heavy atom. The summed E-state index contributed by atoms with van der Waals surface area (Å²) < 4.78 is 55.5. The van der Waals surface area contributed by atoms with Gasteiger partial charge in [0.1, 0.15) is 24.9 Å². The zero-order valence-corrected chi connectivity index (χ0v) is 23.1. The van der Waals surface area contributed by atoms with Crippen LogP contribution in [0.2, 0.25) is 0 Å². The van der Waals surface area contributed by atoms with Crippen molar-refractivity contribution in [3.63, 3.8) is 0 Å². The smallest absolute Gasteiger partial charge is 0.303 e. The standard InChI is InChI=1S/C24H34O16/c1-9-16(33-11(3)26)18(21-23(32-9)40-24(7,30)39-21)38-22-20(36-14(6)29)19(35-13(5)28)17(34-12(4)27)15(37-22)8-31-10(2)25/h9,15-23,30H,8H2,1-7H3/t9?,15?,16-,17+,18?,19?,20?,21?,22+,23+,24?/m0/s1. The zero-order valence-electron chi connectivity index (χ0n) is 23.1. The normalized spacial score (nSPS) is 38.9. The first-order chi connectivity index (χ1) is 18.6. The number of rotatable bonds is 8. The SMILES string of the molecule is CC(=O)OCC1O[C@H](OC2C3OC(C)(O)O[C@H]3OC(C)[C@@H]2OC(C)=O)C(OC(C)=O)C(OC(C)=O)[C@@H]1OC(C)=O. The predicted molar refractivity (Wildman–Crippen MR) is 123 cm³/mol. The van der Waals surface area contributed by atoms with E-state index in [1.807, 2.05) is 0 Å². The van der Waals surface area contributed by atoms with Crippen LogP contribution >= 0.6 is 0 Å². The summed E-state index contributed by atoms with van der Waals surface area (Å²) in [6.45, 7) is 7.84. The summed E-state index contributed by atoms with van der Waals surface area (Å²) in [6, 6.07) is 0. The summed E-state index contributed by atoms with van der Waals surface area (Å²) in [4.78, 5) is 59.6. The van der Waals surface area contributed by atoms with Crippen molar-refractivity contribution in [1.29, 1.82) is 0 Å². The number of fused-ring (bicyclic) bond motifs is 1. The van der Waals surface area contributed by atoms with E-state index in [1.54, 1.807) is 6.92 Å². The highest BCUT2D eigenvalue weighted by atomic mass is 16.9. The molecule has 40 heavy (non-hydrogen) atoms. The van der Waals surface area contributed by atoms with Gasteiger partial charge in [-0.3, -0.25) is 28.7 Å². The number of ether oxygens (including phenoxy) is 10. The molecule has 0 aromatic carbocycles. The molecular formula is C24H34O16. The third-order valence-corrected chi connectivity index (χ3v) is 5.96. The second-order valence-corrected chi connectivity index (χ2v) is 9.55. The van der Waals surface area contributed by atoms with E-state index in [2.05, 4.69) is 0 Å². The van der Waals surface area contributed by atoms with E-state index >= 15 is 0 Å². The fraction of sp³-hybridized carbons (Fsp3) is 0.792. The lowest BCUT2D eigenvalue weighted by Crippen LogP contribution is -2.66. The van der Waals surface area contributed by atoms with Gasteiger partial charge in [-0.05, 0) is 6.92 Å². The van der Waals surface area contributed by atoms with E-state index in [-0.39, 0.29) is 0 Å². The molecule has 16 nitrogen and oxygen atoms in total. The molecule has 0 bridgehead atoms. The summed E-state index contributed by atoms with van der Waals surface area (Å²) >= 11 is 0. The van der Waals surface area contributed by atoms with E-state index in [4.69, 9.17) is 47.4 Å². The van der Waals surface area contributed by atoms with Gasteiger partial charge in [0.05, 0.1) is 6.10 Å². The summed E-state index contributed by atoms with van der Waals surface area (Å²) in [5.74, 6) is -5.94. The number of esters is 5. The first-order valence-corrected chi connectivity index (χ1v) is 12.4. The second-order valence-electron chi connectivity index (χ2n) is 9.55. The summed E-state index contributed by atoms with van der Waals surface area (Å²) in [7, 11) is 0. The minimum atomic E-state index is -2.09. The van der Waals surface area contributed by atoms with Crippen LogP contribution in [-0.2, 0) is 71.3 Å². The van der Waals surface area contributed by atoms with Gasteiger partial charge in [-0.15, -0.1) is 0 Å². The van der Waals surface area contributed by atoms with Crippen LogP contribution in [0, 0.1) is 0 Å². The van der Waals surface area contributed by atoms with Crippen molar-refractivity contribution in [3.8, 4) is 0 Å². The Kier molecular flexibility index (Phi) is 10.1. The van der Waals surface area contributed by atoms with Crippen LogP contribution in [0.4, 0.5) is 0 Å². The van der Waals surface area contributed by atoms with Crippen molar-refractivity contribution >= 4 is 29.8 Å². The average molecular weight is 579 g/mol. The van der Waals surface area contributed by atoms with E-state index in [0.717, 1.165) is 34.6 Å². The first-order valence-electron chi connectivity index (χ1n) is 12.4. The monoisotopic (exact) mass is 578 g/mol. The molecule has 0 saturated carbocycles. The van der Waals surface area contributed by atoms with Crippen LogP contribution in [0.15, 0.2) is 0 Å². The largest absolute Gasteiger partial charge is 0.463 e. The van der Waals surface area contributed by atoms with Crippen molar-refractivity contribution in [2.75, 3.05) is 6.61 Å². The lowest BCUT2D eigenvalue weighted by Gasteiger charge is -2.47. The summed E-state index contributed by atoms with van der Waals surface area (Å²) in [5, 5.41) is 10.4. The molecule has 0 amide bonds. The van der Waals surface area contributed by atoms with Crippen molar-refractivity contribution in [1.82, 2.24) is 0 Å². The fourth-order valence-corrected chi connectivity index (χ4v) is 4.65. The molecule has 3 rings (SSSR count). The molecular weight excluding hydrogens is 544 g/mol. The molecule has 16 heteroatoms. The molecule has 11 atom stereocenters. The molecule has 7 unspecified atom stereocenters. The van der Waals surface area contributed by atoms with Crippen molar-refractivity contribution in [2.24, 2.45) is 0 Å². The van der Waals surface area contributed by atoms with E-state index in [1.165, 1.54) is 6.92 Å². The maximum Gasteiger partial charge on any atom is 0.303 e. The molecule has 3 aliphatic heterocycles. The van der Waals surface area contributed by atoms with Crippen molar-refractivity contribution in [3.05, 3.63) is 0 Å². The highest BCUT2D eigenvalue weighted by Crippen LogP contribution is 2.40. The Labute approximate surface area is 229 Å². The van der Waals surface area contributed by atoms with Gasteiger partial charge in [0, 0.05) is 41.5 Å². The summed E-state index contributed by atoms with van der Waals surface area (Å²) in [5.41, 5.74) is 0. The Balaban J connectivity index is 2.04. The van der Waals surface area contributed by atoms with Gasteiger partial charge in [-0.25, -0.2) is 0 Å². The van der Waals surface area contributed by atoms with Crippen LogP contribution < -0.4 is 0 Å². The summed E-state index contributed by atoms with van der Waals surface area (Å²) in [6.07, 6.45) is -13.0. The van der Waals surface area contributed by atoms with E-state index in [9.17, 15) is 29.1 Å². The van der Waals surface area contributed by atoms with Gasteiger partial charge < -0.3 is 47.7 Å². The van der Waals surface area contributed by atoms with Gasteiger partial charge in [-0.1, -0.05) is 0 Å². The maximum atomic E-state index is 12.1. The highest BCUT2D eigenvalue weighted by Gasteiger charge is 2.60. The molecule has 3 saturated heterocycles. The van der Waals surface area contributed by atoms with Gasteiger partial charge >= 0.3 is 29.8 Å². The van der Waals surface area contributed by atoms with Crippen LogP contribution in [0.3, 0.4) is 0 Å². The number of hydrogen-bond donors (Lipinski definition) is 1. The molecule has 3 fully saturated rings. The van der Waals surface area contributed by atoms with Crippen LogP contribution in [0.25, 0.3) is 0 Å². The molecule has 0 aromatic heterocycles. The second kappa shape index (κ2) is 12.7. The molecule has 3 aliphatic rings. The Bertz CT molecular complexity index is 980. The van der Waals surface area contributed by atoms with Gasteiger partial charge in [-0.2, -0.15) is 0 Å².